The van der Waals surface area contributed by atoms with Gasteiger partial charge in [0.05, 0.1) is 5.69 Å². The third-order valence-electron chi connectivity index (χ3n) is 4.68. The Morgan fingerprint density at radius 1 is 1.00 bits per heavy atom. The van der Waals surface area contributed by atoms with Crippen LogP contribution in [0.5, 0.6) is 0 Å². The summed E-state index contributed by atoms with van der Waals surface area (Å²) in [5, 5.41) is 7.89. The van der Waals surface area contributed by atoms with Crippen LogP contribution in [-0.4, -0.2) is 23.8 Å². The molecule has 1 heterocycles. The highest BCUT2D eigenvalue weighted by Gasteiger charge is 2.10. The van der Waals surface area contributed by atoms with Crippen LogP contribution < -0.4 is 10.6 Å². The first-order valence-corrected chi connectivity index (χ1v) is 10.1. The van der Waals surface area contributed by atoms with Crippen molar-refractivity contribution in [2.45, 2.75) is 20.8 Å². The molecular weight excluding hydrogens is 382 g/mol. The number of benzene rings is 2. The van der Waals surface area contributed by atoms with Crippen molar-refractivity contribution in [3.8, 4) is 11.3 Å². The number of anilines is 1. The van der Waals surface area contributed by atoms with Gasteiger partial charge in [0.25, 0.3) is 5.91 Å². The third-order valence-corrected chi connectivity index (χ3v) is 5.44. The molecule has 2 amide bonds. The van der Waals surface area contributed by atoms with Gasteiger partial charge in [-0.2, -0.15) is 0 Å². The van der Waals surface area contributed by atoms with Crippen molar-refractivity contribution < 1.29 is 9.59 Å². The van der Waals surface area contributed by atoms with Crippen LogP contribution in [0, 0.1) is 20.8 Å². The van der Waals surface area contributed by atoms with Gasteiger partial charge >= 0.3 is 0 Å². The quantitative estimate of drug-likeness (QED) is 0.602. The number of hydrogen-bond acceptors (Lipinski definition) is 4. The van der Waals surface area contributed by atoms with Crippen molar-refractivity contribution in [1.29, 1.82) is 0 Å². The minimum Gasteiger partial charge on any atom is -0.355 e. The number of carbonyl (C=O) groups excluding carboxylic acids is 2. The maximum Gasteiger partial charge on any atom is 0.251 e. The predicted molar refractivity (Wildman–Crippen MR) is 119 cm³/mol. The van der Waals surface area contributed by atoms with Crippen LogP contribution >= 0.6 is 11.3 Å². The van der Waals surface area contributed by atoms with E-state index in [0.717, 1.165) is 22.4 Å². The Bertz CT molecular complexity index is 1080. The Kier molecular flexibility index (Phi) is 6.24. The van der Waals surface area contributed by atoms with E-state index in [1.807, 2.05) is 5.38 Å². The van der Waals surface area contributed by atoms with E-state index >= 15 is 0 Å². The van der Waals surface area contributed by atoms with E-state index < -0.39 is 0 Å². The highest BCUT2D eigenvalue weighted by molar-refractivity contribution is 7.14. The van der Waals surface area contributed by atoms with Gasteiger partial charge in [0, 0.05) is 29.6 Å². The van der Waals surface area contributed by atoms with Gasteiger partial charge in [-0.05, 0) is 67.3 Å². The summed E-state index contributed by atoms with van der Waals surface area (Å²) >= 11 is 1.40. The first kappa shape index (κ1) is 20.5. The molecule has 0 atom stereocenters. The molecule has 1 aromatic heterocycles. The molecule has 3 aromatic rings. The van der Waals surface area contributed by atoms with Crippen molar-refractivity contribution in [3.05, 3.63) is 75.7 Å². The summed E-state index contributed by atoms with van der Waals surface area (Å²) in [6.07, 6.45) is 3.15. The topological polar surface area (TPSA) is 71.1 Å². The Morgan fingerprint density at radius 3 is 2.38 bits per heavy atom. The molecule has 5 nitrogen and oxygen atoms in total. The monoisotopic (exact) mass is 405 g/mol. The summed E-state index contributed by atoms with van der Waals surface area (Å²) in [5.74, 6) is -0.394. The van der Waals surface area contributed by atoms with E-state index in [4.69, 9.17) is 0 Å². The van der Waals surface area contributed by atoms with Crippen LogP contribution in [0.2, 0.25) is 0 Å². The summed E-state index contributed by atoms with van der Waals surface area (Å²) in [6.45, 7) is 6.24. The Hall–Kier alpha value is -3.25. The Morgan fingerprint density at radius 2 is 1.69 bits per heavy atom. The summed E-state index contributed by atoms with van der Waals surface area (Å²) in [6, 6.07) is 11.3. The van der Waals surface area contributed by atoms with Gasteiger partial charge in [-0.1, -0.05) is 18.2 Å². The van der Waals surface area contributed by atoms with E-state index in [2.05, 4.69) is 48.5 Å². The van der Waals surface area contributed by atoms with E-state index in [-0.39, 0.29) is 11.8 Å². The molecule has 0 aliphatic heterocycles. The van der Waals surface area contributed by atoms with Crippen molar-refractivity contribution >= 4 is 34.4 Å². The number of thiazole rings is 1. The molecule has 3 rings (SSSR count). The minimum atomic E-state index is -0.252. The molecule has 0 saturated heterocycles. The van der Waals surface area contributed by atoms with Gasteiger partial charge in [-0.15, -0.1) is 11.3 Å². The molecule has 29 heavy (non-hydrogen) atoms. The fourth-order valence-electron chi connectivity index (χ4n) is 2.90. The van der Waals surface area contributed by atoms with Crippen LogP contribution in [0.25, 0.3) is 17.3 Å². The van der Waals surface area contributed by atoms with Crippen LogP contribution in [-0.2, 0) is 4.79 Å². The van der Waals surface area contributed by atoms with Crippen molar-refractivity contribution in [2.24, 2.45) is 0 Å². The number of amides is 2. The number of aromatic nitrogens is 1. The molecule has 148 valence electrons. The number of hydrogen-bond donors (Lipinski definition) is 2. The number of nitrogens with one attached hydrogen (secondary N) is 2. The molecule has 0 aliphatic rings. The van der Waals surface area contributed by atoms with Crippen molar-refractivity contribution in [2.75, 3.05) is 12.4 Å². The lowest BCUT2D eigenvalue weighted by molar-refractivity contribution is -0.111. The van der Waals surface area contributed by atoms with E-state index in [9.17, 15) is 9.59 Å². The molecule has 0 radical (unpaired) electrons. The Balaban J connectivity index is 1.67. The molecule has 6 heteroatoms. The van der Waals surface area contributed by atoms with Gasteiger partial charge in [-0.25, -0.2) is 4.98 Å². The molecular formula is C23H23N3O2S. The standard InChI is InChI=1S/C23H23N3O2S/c1-14-11-16(3)19(12-15(14)2)20-13-29-23(25-20)26-21(27)10-7-17-5-8-18(9-6-17)22(28)24-4/h5-13H,1-4H3,(H,24,28)(H,25,26,27)/b10-7+. The summed E-state index contributed by atoms with van der Waals surface area (Å²) in [5.41, 5.74) is 6.98. The fraction of sp³-hybridized carbons (Fsp3) is 0.174. The van der Waals surface area contributed by atoms with Gasteiger partial charge < -0.3 is 5.32 Å². The van der Waals surface area contributed by atoms with Crippen molar-refractivity contribution in [1.82, 2.24) is 10.3 Å². The molecule has 0 fully saturated rings. The number of rotatable bonds is 5. The van der Waals surface area contributed by atoms with Crippen molar-refractivity contribution in [3.63, 3.8) is 0 Å². The maximum absolute atomic E-state index is 12.2. The molecule has 0 spiro atoms. The molecule has 2 N–H and O–H groups in total. The van der Waals surface area contributed by atoms with Crippen LogP contribution in [0.1, 0.15) is 32.6 Å². The van der Waals surface area contributed by atoms with Crippen LogP contribution in [0.15, 0.2) is 47.9 Å². The summed E-state index contributed by atoms with van der Waals surface area (Å²) in [7, 11) is 1.59. The third kappa shape index (κ3) is 4.97. The zero-order valence-electron chi connectivity index (χ0n) is 16.9. The zero-order valence-corrected chi connectivity index (χ0v) is 17.7. The lowest BCUT2D eigenvalue weighted by Gasteiger charge is -2.07. The van der Waals surface area contributed by atoms with Gasteiger partial charge in [-0.3, -0.25) is 14.9 Å². The van der Waals surface area contributed by atoms with E-state index in [1.165, 1.54) is 28.5 Å². The smallest absolute Gasteiger partial charge is 0.251 e. The highest BCUT2D eigenvalue weighted by Crippen LogP contribution is 2.29. The van der Waals surface area contributed by atoms with E-state index in [1.54, 1.807) is 37.4 Å². The number of carbonyl (C=O) groups is 2. The summed E-state index contributed by atoms with van der Waals surface area (Å²) < 4.78 is 0. The molecule has 0 aliphatic carbocycles. The number of nitrogens with zero attached hydrogens (tertiary/aromatic N) is 1. The summed E-state index contributed by atoms with van der Waals surface area (Å²) in [4.78, 5) is 28.3. The average Bonchev–Trinajstić information content (AvgIpc) is 3.17. The second-order valence-corrected chi connectivity index (χ2v) is 7.67. The number of aryl methyl sites for hydroxylation is 3. The van der Waals surface area contributed by atoms with Gasteiger partial charge in [0.2, 0.25) is 5.91 Å². The first-order chi connectivity index (χ1) is 13.9. The average molecular weight is 406 g/mol. The lowest BCUT2D eigenvalue weighted by Crippen LogP contribution is -2.17. The van der Waals surface area contributed by atoms with Crippen LogP contribution in [0.3, 0.4) is 0 Å². The normalized spacial score (nSPS) is 10.9. The second kappa shape index (κ2) is 8.84. The zero-order chi connectivity index (χ0) is 21.0. The molecule has 0 bridgehead atoms. The van der Waals surface area contributed by atoms with Crippen LogP contribution in [0.4, 0.5) is 5.13 Å². The molecule has 0 unspecified atom stereocenters. The highest BCUT2D eigenvalue weighted by atomic mass is 32.1. The maximum atomic E-state index is 12.2. The lowest BCUT2D eigenvalue weighted by atomic mass is 9.99. The van der Waals surface area contributed by atoms with E-state index in [0.29, 0.717) is 10.7 Å². The predicted octanol–water partition coefficient (Wildman–Crippen LogP) is 4.75. The molecule has 2 aromatic carbocycles. The largest absolute Gasteiger partial charge is 0.355 e. The molecule has 0 saturated carbocycles. The fourth-order valence-corrected chi connectivity index (χ4v) is 3.61. The van der Waals surface area contributed by atoms with Gasteiger partial charge in [0.15, 0.2) is 5.13 Å². The SMILES string of the molecule is CNC(=O)c1ccc(/C=C/C(=O)Nc2nc(-c3cc(C)c(C)cc3C)cs2)cc1. The second-order valence-electron chi connectivity index (χ2n) is 6.81. The van der Waals surface area contributed by atoms with Gasteiger partial charge in [0.1, 0.15) is 0 Å². The minimum absolute atomic E-state index is 0.142. The Labute approximate surface area is 174 Å². The first-order valence-electron chi connectivity index (χ1n) is 9.22.